The van der Waals surface area contributed by atoms with Gasteiger partial charge in [0.1, 0.15) is 23.6 Å². The lowest BCUT2D eigenvalue weighted by molar-refractivity contribution is 0.0781. The third kappa shape index (κ3) is 2.26. The maximum absolute atomic E-state index is 12.7. The summed E-state index contributed by atoms with van der Waals surface area (Å²) in [7, 11) is 0. The summed E-state index contributed by atoms with van der Waals surface area (Å²) in [6.07, 6.45) is 6.08. The third-order valence-electron chi connectivity index (χ3n) is 5.44. The zero-order chi connectivity index (χ0) is 17.0. The average molecular weight is 337 g/mol. The van der Waals surface area contributed by atoms with E-state index in [0.29, 0.717) is 18.2 Å². The first-order valence-electron chi connectivity index (χ1n) is 8.75. The molecule has 128 valence electrons. The SMILES string of the molecule is CC1CC(C(=O)c2noc3c2CN(c2ncnc4[nH]ccc24)CC3)C1. The van der Waals surface area contributed by atoms with E-state index in [1.54, 1.807) is 6.33 Å². The molecule has 0 saturated heterocycles. The van der Waals surface area contributed by atoms with E-state index in [1.807, 2.05) is 12.3 Å². The number of rotatable bonds is 3. The number of fused-ring (bicyclic) bond motifs is 2. The Morgan fingerprint density at radius 2 is 2.24 bits per heavy atom. The molecule has 7 nitrogen and oxygen atoms in total. The summed E-state index contributed by atoms with van der Waals surface area (Å²) >= 11 is 0. The van der Waals surface area contributed by atoms with E-state index in [9.17, 15) is 4.79 Å². The summed E-state index contributed by atoms with van der Waals surface area (Å²) in [6, 6.07) is 1.98. The van der Waals surface area contributed by atoms with Crippen molar-refractivity contribution in [1.29, 1.82) is 0 Å². The Morgan fingerprint density at radius 1 is 1.36 bits per heavy atom. The standard InChI is InChI=1S/C18H19N5O2/c1-10-6-11(7-10)16(24)15-13-8-23(5-3-14(13)25-22-15)18-12-2-4-19-17(12)20-9-21-18/h2,4,9-11H,3,5-8H2,1H3,(H,19,20,21). The zero-order valence-electron chi connectivity index (χ0n) is 14.0. The second kappa shape index (κ2) is 5.40. The van der Waals surface area contributed by atoms with Gasteiger partial charge in [-0.25, -0.2) is 9.97 Å². The second-order valence-corrected chi connectivity index (χ2v) is 7.18. The molecule has 1 fully saturated rings. The van der Waals surface area contributed by atoms with Gasteiger partial charge in [-0.1, -0.05) is 12.1 Å². The lowest BCUT2D eigenvalue weighted by atomic mass is 9.73. The fourth-order valence-electron chi connectivity index (χ4n) is 4.00. The smallest absolute Gasteiger partial charge is 0.188 e. The first-order valence-corrected chi connectivity index (χ1v) is 8.75. The molecule has 1 aliphatic heterocycles. The van der Waals surface area contributed by atoms with Gasteiger partial charge in [-0.2, -0.15) is 0 Å². The summed E-state index contributed by atoms with van der Waals surface area (Å²) in [6.45, 7) is 3.56. The molecule has 0 unspecified atom stereocenters. The number of carbonyl (C=O) groups excluding carboxylic acids is 1. The maximum atomic E-state index is 12.7. The highest BCUT2D eigenvalue weighted by Crippen LogP contribution is 2.37. The maximum Gasteiger partial charge on any atom is 0.188 e. The van der Waals surface area contributed by atoms with Crippen LogP contribution in [0.1, 0.15) is 41.6 Å². The number of nitrogens with zero attached hydrogens (tertiary/aromatic N) is 4. The van der Waals surface area contributed by atoms with Crippen LogP contribution in [-0.4, -0.2) is 32.4 Å². The van der Waals surface area contributed by atoms with Gasteiger partial charge in [0.2, 0.25) is 0 Å². The quantitative estimate of drug-likeness (QED) is 0.739. The average Bonchev–Trinajstić information content (AvgIpc) is 3.24. The second-order valence-electron chi connectivity index (χ2n) is 7.18. The largest absolute Gasteiger partial charge is 0.360 e. The zero-order valence-corrected chi connectivity index (χ0v) is 14.0. The summed E-state index contributed by atoms with van der Waals surface area (Å²) < 4.78 is 5.47. The van der Waals surface area contributed by atoms with Gasteiger partial charge in [-0.3, -0.25) is 4.79 Å². The van der Waals surface area contributed by atoms with Crippen molar-refractivity contribution in [3.05, 3.63) is 35.6 Å². The van der Waals surface area contributed by atoms with E-state index in [2.05, 4.69) is 31.9 Å². The molecule has 1 aliphatic carbocycles. The molecule has 25 heavy (non-hydrogen) atoms. The van der Waals surface area contributed by atoms with Gasteiger partial charge >= 0.3 is 0 Å². The molecule has 0 bridgehead atoms. The van der Waals surface area contributed by atoms with Crippen molar-refractivity contribution in [3.63, 3.8) is 0 Å². The summed E-state index contributed by atoms with van der Waals surface area (Å²) in [5, 5.41) is 5.10. The number of anilines is 1. The minimum atomic E-state index is 0.106. The highest BCUT2D eigenvalue weighted by Gasteiger charge is 2.37. The van der Waals surface area contributed by atoms with Crippen molar-refractivity contribution >= 4 is 22.6 Å². The van der Waals surface area contributed by atoms with Crippen molar-refractivity contribution < 1.29 is 9.32 Å². The number of ketones is 1. The monoisotopic (exact) mass is 337 g/mol. The van der Waals surface area contributed by atoms with Gasteiger partial charge in [0.05, 0.1) is 11.9 Å². The van der Waals surface area contributed by atoms with E-state index in [1.165, 1.54) is 0 Å². The predicted molar refractivity (Wildman–Crippen MR) is 91.4 cm³/mol. The summed E-state index contributed by atoms with van der Waals surface area (Å²) in [5.74, 6) is 2.60. The van der Waals surface area contributed by atoms with E-state index in [0.717, 1.165) is 54.0 Å². The van der Waals surface area contributed by atoms with Gasteiger partial charge in [0, 0.05) is 30.6 Å². The predicted octanol–water partition coefficient (Wildman–Crippen LogP) is 2.74. The van der Waals surface area contributed by atoms with E-state index >= 15 is 0 Å². The molecular formula is C18H19N5O2. The normalized spacial score (nSPS) is 22.7. The number of aromatic amines is 1. The van der Waals surface area contributed by atoms with Crippen LogP contribution in [0.3, 0.4) is 0 Å². The van der Waals surface area contributed by atoms with Crippen LogP contribution in [0.25, 0.3) is 11.0 Å². The molecule has 7 heteroatoms. The number of Topliss-reactive ketones (excluding diaryl/α,β-unsaturated/α-hetero) is 1. The Hall–Kier alpha value is -2.70. The van der Waals surface area contributed by atoms with Crippen LogP contribution in [0, 0.1) is 11.8 Å². The lowest BCUT2D eigenvalue weighted by Gasteiger charge is -2.31. The molecule has 0 aromatic carbocycles. The molecule has 1 saturated carbocycles. The van der Waals surface area contributed by atoms with Crippen LogP contribution in [0.15, 0.2) is 23.1 Å². The van der Waals surface area contributed by atoms with Crippen LogP contribution in [0.5, 0.6) is 0 Å². The molecule has 1 N–H and O–H groups in total. The Kier molecular flexibility index (Phi) is 3.16. The number of H-pyrrole nitrogens is 1. The first-order chi connectivity index (χ1) is 12.2. The van der Waals surface area contributed by atoms with Gasteiger partial charge in [0.25, 0.3) is 0 Å². The molecular weight excluding hydrogens is 318 g/mol. The van der Waals surface area contributed by atoms with Crippen LogP contribution in [0.4, 0.5) is 5.82 Å². The number of carbonyl (C=O) groups is 1. The Labute approximate surface area is 144 Å². The van der Waals surface area contributed by atoms with Crippen LogP contribution in [0.2, 0.25) is 0 Å². The number of nitrogens with one attached hydrogen (secondary N) is 1. The van der Waals surface area contributed by atoms with E-state index in [4.69, 9.17) is 4.52 Å². The minimum absolute atomic E-state index is 0.106. The molecule has 4 heterocycles. The van der Waals surface area contributed by atoms with Gasteiger partial charge in [-0.15, -0.1) is 0 Å². The topological polar surface area (TPSA) is 87.9 Å². The molecule has 0 amide bonds. The van der Waals surface area contributed by atoms with Crippen LogP contribution in [-0.2, 0) is 13.0 Å². The molecule has 0 radical (unpaired) electrons. The van der Waals surface area contributed by atoms with Gasteiger partial charge < -0.3 is 14.4 Å². The number of hydrogen-bond donors (Lipinski definition) is 1. The highest BCUT2D eigenvalue weighted by molar-refractivity contribution is 5.98. The molecule has 2 aliphatic rings. The van der Waals surface area contributed by atoms with Gasteiger partial charge in [0.15, 0.2) is 11.5 Å². The molecule has 3 aromatic rings. The third-order valence-corrected chi connectivity index (χ3v) is 5.44. The lowest BCUT2D eigenvalue weighted by Crippen LogP contribution is -2.33. The number of aromatic nitrogens is 4. The molecule has 0 atom stereocenters. The Bertz CT molecular complexity index is 953. The summed E-state index contributed by atoms with van der Waals surface area (Å²) in [4.78, 5) is 26.8. The molecule has 5 rings (SSSR count). The van der Waals surface area contributed by atoms with Crippen molar-refractivity contribution in [2.45, 2.75) is 32.7 Å². The van der Waals surface area contributed by atoms with Crippen molar-refractivity contribution in [2.75, 3.05) is 11.4 Å². The Balaban J connectivity index is 1.47. The van der Waals surface area contributed by atoms with Gasteiger partial charge in [-0.05, 0) is 24.8 Å². The van der Waals surface area contributed by atoms with Crippen molar-refractivity contribution in [1.82, 2.24) is 20.1 Å². The fourth-order valence-corrected chi connectivity index (χ4v) is 4.00. The van der Waals surface area contributed by atoms with Crippen LogP contribution >= 0.6 is 0 Å². The molecule has 0 spiro atoms. The Morgan fingerprint density at radius 3 is 3.08 bits per heavy atom. The number of hydrogen-bond acceptors (Lipinski definition) is 6. The van der Waals surface area contributed by atoms with Crippen LogP contribution < -0.4 is 4.90 Å². The minimum Gasteiger partial charge on any atom is -0.360 e. The highest BCUT2D eigenvalue weighted by atomic mass is 16.5. The fraction of sp³-hybridized carbons (Fsp3) is 0.444. The van der Waals surface area contributed by atoms with E-state index < -0.39 is 0 Å². The van der Waals surface area contributed by atoms with E-state index in [-0.39, 0.29) is 11.7 Å². The molecule has 3 aromatic heterocycles. The first kappa shape index (κ1) is 14.6. The summed E-state index contributed by atoms with van der Waals surface area (Å²) in [5.41, 5.74) is 2.27. The van der Waals surface area contributed by atoms with Crippen molar-refractivity contribution in [3.8, 4) is 0 Å². The van der Waals surface area contributed by atoms with Crippen molar-refractivity contribution in [2.24, 2.45) is 11.8 Å².